The van der Waals surface area contributed by atoms with E-state index < -0.39 is 5.97 Å². The van der Waals surface area contributed by atoms with Crippen LogP contribution in [-0.4, -0.2) is 67.3 Å². The van der Waals surface area contributed by atoms with Crippen molar-refractivity contribution >= 4 is 41.5 Å². The Kier molecular flexibility index (Phi) is 9.51. The van der Waals surface area contributed by atoms with Crippen molar-refractivity contribution in [3.05, 3.63) is 64.2 Å². The molecule has 0 atom stereocenters. The molecule has 0 fully saturated rings. The zero-order valence-electron chi connectivity index (χ0n) is 17.2. The van der Waals surface area contributed by atoms with E-state index in [1.807, 2.05) is 0 Å². The molecule has 3 amide bonds. The Labute approximate surface area is 180 Å². The van der Waals surface area contributed by atoms with Crippen molar-refractivity contribution in [1.29, 1.82) is 0 Å². The Hall–Kier alpha value is -3.39. The number of carbonyl (C=O) groups is 4. The number of anilines is 1. The van der Waals surface area contributed by atoms with Gasteiger partial charge in [-0.25, -0.2) is 4.79 Å². The monoisotopic (exact) mass is 433 g/mol. The van der Waals surface area contributed by atoms with Crippen molar-refractivity contribution in [2.45, 2.75) is 6.42 Å². The summed E-state index contributed by atoms with van der Waals surface area (Å²) in [5.41, 5.74) is 1.26. The topological polar surface area (TPSA) is 107 Å². The first-order valence-corrected chi connectivity index (χ1v) is 9.18. The third-order valence-corrected chi connectivity index (χ3v) is 4.01. The van der Waals surface area contributed by atoms with E-state index in [1.54, 1.807) is 52.5 Å². The number of halogens is 1. The van der Waals surface area contributed by atoms with Crippen LogP contribution in [-0.2, 0) is 16.0 Å². The first kappa shape index (κ1) is 24.6. The number of carbonyl (C=O) groups excluding carboxylic acids is 3. The van der Waals surface area contributed by atoms with E-state index in [1.165, 1.54) is 28.0 Å². The van der Waals surface area contributed by atoms with Gasteiger partial charge in [-0.15, -0.1) is 0 Å². The smallest absolute Gasteiger partial charge is 0.335 e. The van der Waals surface area contributed by atoms with E-state index in [0.29, 0.717) is 16.8 Å². The molecule has 2 aromatic rings. The number of hydrogen-bond acceptors (Lipinski definition) is 4. The van der Waals surface area contributed by atoms with E-state index in [2.05, 4.69) is 5.32 Å². The van der Waals surface area contributed by atoms with Crippen molar-refractivity contribution in [2.24, 2.45) is 0 Å². The van der Waals surface area contributed by atoms with Crippen molar-refractivity contribution < 1.29 is 24.3 Å². The van der Waals surface area contributed by atoms with E-state index >= 15 is 0 Å². The minimum atomic E-state index is -1.09. The van der Waals surface area contributed by atoms with E-state index in [-0.39, 0.29) is 28.8 Å². The fourth-order valence-electron chi connectivity index (χ4n) is 2.27. The predicted octanol–water partition coefficient (Wildman–Crippen LogP) is 2.63. The summed E-state index contributed by atoms with van der Waals surface area (Å²) in [6, 6.07) is 10.9. The molecule has 0 unspecified atom stereocenters. The highest BCUT2D eigenvalue weighted by atomic mass is 35.5. The van der Waals surface area contributed by atoms with E-state index in [9.17, 15) is 19.2 Å². The highest BCUT2D eigenvalue weighted by Gasteiger charge is 2.15. The average Bonchev–Trinajstić information content (AvgIpc) is 2.68. The maximum atomic E-state index is 12.2. The zero-order chi connectivity index (χ0) is 22.8. The van der Waals surface area contributed by atoms with Gasteiger partial charge in [0.1, 0.15) is 0 Å². The van der Waals surface area contributed by atoms with Crippen molar-refractivity contribution in [2.75, 3.05) is 33.5 Å². The maximum absolute atomic E-state index is 12.2. The Balaban J connectivity index is 0.000000804. The molecular formula is C21H24ClN3O5. The van der Waals surface area contributed by atoms with Gasteiger partial charge in [-0.05, 0) is 29.8 Å². The molecule has 0 aliphatic carbocycles. The van der Waals surface area contributed by atoms with Crippen molar-refractivity contribution in [3.8, 4) is 0 Å². The highest BCUT2D eigenvalue weighted by Crippen LogP contribution is 2.22. The van der Waals surface area contributed by atoms with Gasteiger partial charge in [-0.2, -0.15) is 0 Å². The molecule has 2 N–H and O–H groups in total. The molecule has 0 saturated carbocycles. The number of nitrogens with one attached hydrogen (secondary N) is 1. The summed E-state index contributed by atoms with van der Waals surface area (Å²) in [6.45, 7) is 0. The molecule has 0 heterocycles. The molecule has 0 radical (unpaired) electrons. The third kappa shape index (κ3) is 7.56. The maximum Gasteiger partial charge on any atom is 0.335 e. The third-order valence-electron chi connectivity index (χ3n) is 3.70. The standard InChI is InChI=1S/C18H17ClN2O4.C3H7NO/c1-21(2)17(23)14-8-7-12(10-15(14)19)20-16(22)9-11-5-3-4-6-13(11)18(24)25;1-4(2)3-5/h3-8,10H,9H2,1-2H3,(H,20,22)(H,24,25);3H,1-2H3. The van der Waals surface area contributed by atoms with Crippen LogP contribution in [0.3, 0.4) is 0 Å². The number of carboxylic acid groups (broad SMARTS) is 1. The summed E-state index contributed by atoms with van der Waals surface area (Å²) in [7, 11) is 6.61. The molecule has 2 rings (SSSR count). The van der Waals surface area contributed by atoms with Crippen LogP contribution in [0.5, 0.6) is 0 Å². The van der Waals surface area contributed by atoms with Gasteiger partial charge in [-0.1, -0.05) is 29.8 Å². The molecular weight excluding hydrogens is 410 g/mol. The normalized spacial score (nSPS) is 9.63. The van der Waals surface area contributed by atoms with Crippen molar-refractivity contribution in [3.63, 3.8) is 0 Å². The lowest BCUT2D eigenvalue weighted by molar-refractivity contribution is -0.116. The van der Waals surface area contributed by atoms with Gasteiger partial charge in [0, 0.05) is 33.9 Å². The largest absolute Gasteiger partial charge is 0.478 e. The lowest BCUT2D eigenvalue weighted by Gasteiger charge is -2.13. The fourth-order valence-corrected chi connectivity index (χ4v) is 2.53. The molecule has 0 bridgehead atoms. The van der Waals surface area contributed by atoms with E-state index in [0.717, 1.165) is 6.41 Å². The first-order chi connectivity index (χ1) is 14.1. The SMILES string of the molecule is CN(C)C(=O)c1ccc(NC(=O)Cc2ccccc2C(=O)O)cc1Cl.CN(C)C=O. The van der Waals surface area contributed by atoms with Gasteiger partial charge < -0.3 is 20.2 Å². The molecule has 0 aliphatic heterocycles. The fraction of sp³-hybridized carbons (Fsp3) is 0.238. The van der Waals surface area contributed by atoms with Crippen LogP contribution in [0.15, 0.2) is 42.5 Å². The summed E-state index contributed by atoms with van der Waals surface area (Å²) in [5, 5.41) is 12.0. The van der Waals surface area contributed by atoms with Gasteiger partial charge in [0.15, 0.2) is 0 Å². The Morgan fingerprint density at radius 2 is 1.63 bits per heavy atom. The second-order valence-corrected chi connectivity index (χ2v) is 7.06. The predicted molar refractivity (Wildman–Crippen MR) is 115 cm³/mol. The Morgan fingerprint density at radius 3 is 2.13 bits per heavy atom. The molecule has 0 spiro atoms. The lowest BCUT2D eigenvalue weighted by Crippen LogP contribution is -2.22. The number of rotatable bonds is 6. The van der Waals surface area contributed by atoms with Gasteiger partial charge in [-0.3, -0.25) is 14.4 Å². The number of hydrogen-bond donors (Lipinski definition) is 2. The molecule has 30 heavy (non-hydrogen) atoms. The molecule has 2 aromatic carbocycles. The molecule has 0 aliphatic rings. The molecule has 0 saturated heterocycles. The number of carboxylic acids is 1. The minimum Gasteiger partial charge on any atom is -0.478 e. The van der Waals surface area contributed by atoms with Crippen molar-refractivity contribution in [1.82, 2.24) is 9.80 Å². The Bertz CT molecular complexity index is 929. The van der Waals surface area contributed by atoms with Gasteiger partial charge in [0.05, 0.1) is 22.6 Å². The quantitative estimate of drug-likeness (QED) is 0.681. The number of aromatic carboxylic acids is 1. The molecule has 160 valence electrons. The van der Waals surface area contributed by atoms with Crippen LogP contribution in [0, 0.1) is 0 Å². The Morgan fingerprint density at radius 1 is 1.03 bits per heavy atom. The summed E-state index contributed by atoms with van der Waals surface area (Å²) in [6.07, 6.45) is 0.665. The highest BCUT2D eigenvalue weighted by molar-refractivity contribution is 6.34. The molecule has 8 nitrogen and oxygen atoms in total. The van der Waals surface area contributed by atoms with Crippen LogP contribution < -0.4 is 5.32 Å². The second kappa shape index (κ2) is 11.6. The van der Waals surface area contributed by atoms with Crippen LogP contribution in [0.2, 0.25) is 5.02 Å². The number of nitrogens with zero attached hydrogens (tertiary/aromatic N) is 2. The van der Waals surface area contributed by atoms with Crippen LogP contribution in [0.25, 0.3) is 0 Å². The average molecular weight is 434 g/mol. The summed E-state index contributed by atoms with van der Waals surface area (Å²) >= 11 is 6.10. The number of benzene rings is 2. The van der Waals surface area contributed by atoms with Gasteiger partial charge in [0.25, 0.3) is 5.91 Å². The zero-order valence-corrected chi connectivity index (χ0v) is 17.9. The van der Waals surface area contributed by atoms with E-state index in [4.69, 9.17) is 16.7 Å². The summed E-state index contributed by atoms with van der Waals surface area (Å²) < 4.78 is 0. The molecule has 9 heteroatoms. The van der Waals surface area contributed by atoms with Crippen LogP contribution >= 0.6 is 11.6 Å². The minimum absolute atomic E-state index is 0.0848. The first-order valence-electron chi connectivity index (χ1n) is 8.80. The molecule has 0 aromatic heterocycles. The van der Waals surface area contributed by atoms with Crippen LogP contribution in [0.1, 0.15) is 26.3 Å². The summed E-state index contributed by atoms with van der Waals surface area (Å²) in [5.74, 6) is -1.70. The van der Waals surface area contributed by atoms with Gasteiger partial charge in [0.2, 0.25) is 12.3 Å². The lowest BCUT2D eigenvalue weighted by atomic mass is 10.0. The van der Waals surface area contributed by atoms with Crippen LogP contribution in [0.4, 0.5) is 5.69 Å². The number of amides is 3. The van der Waals surface area contributed by atoms with Gasteiger partial charge >= 0.3 is 5.97 Å². The summed E-state index contributed by atoms with van der Waals surface area (Å²) in [4.78, 5) is 47.6. The second-order valence-electron chi connectivity index (χ2n) is 6.65.